The predicted octanol–water partition coefficient (Wildman–Crippen LogP) is -1.79. The normalized spacial score (nSPS) is 11.7. The summed E-state index contributed by atoms with van der Waals surface area (Å²) in [6.07, 6.45) is -0.213. The first kappa shape index (κ1) is 23.1. The number of nitrogens with one attached hydrogen (secondary N) is 2. The zero-order chi connectivity index (χ0) is 20.1. The number of hydrogen-bond acceptors (Lipinski definition) is 7. The van der Waals surface area contributed by atoms with Crippen LogP contribution in [-0.4, -0.2) is 51.7 Å². The second-order valence-corrected chi connectivity index (χ2v) is 4.77. The van der Waals surface area contributed by atoms with Gasteiger partial charge in [-0.1, -0.05) is 6.07 Å². The van der Waals surface area contributed by atoms with Crippen molar-refractivity contribution in [2.45, 2.75) is 18.9 Å². The van der Waals surface area contributed by atoms with E-state index in [4.69, 9.17) is 15.2 Å². The Morgan fingerprint density at radius 1 is 1.12 bits per heavy atom. The molecule has 0 unspecified atom stereocenters. The third kappa shape index (κ3) is 7.36. The first-order valence-corrected chi connectivity index (χ1v) is 7.83. The Kier molecular flexibility index (Phi) is 11.1. The molecule has 0 saturated heterocycles. The van der Waals surface area contributed by atoms with E-state index in [1.165, 1.54) is 21.1 Å². The number of hydrogen-bond donors (Lipinski definition) is 5. The average molecular weight is 369 g/mol. The molecular weight excluding hydrogens is 342 g/mol. The molecule has 1 atom stereocenters. The van der Waals surface area contributed by atoms with Gasteiger partial charge >= 0.3 is 0 Å². The minimum absolute atomic E-state index is 0.0445. The van der Waals surface area contributed by atoms with Gasteiger partial charge in [-0.25, -0.2) is 0 Å². The number of carbonyl (C=O) groups excluding carboxylic acids is 3. The molecule has 0 bridgehead atoms. The lowest BCUT2D eigenvalue weighted by Gasteiger charge is -2.15. The Hall–Kier alpha value is -2.85. The number of ether oxygens (including phenoxy) is 2. The largest absolute Gasteiger partial charge is 0.454 e. The van der Waals surface area contributed by atoms with Gasteiger partial charge in [0.1, 0.15) is 6.04 Å². The summed E-state index contributed by atoms with van der Waals surface area (Å²) in [6, 6.07) is 4.16. The van der Waals surface area contributed by atoms with E-state index < -0.39 is 23.8 Å². The molecule has 3 amide bonds. The molecule has 0 aliphatic carbocycles. The van der Waals surface area contributed by atoms with Crippen molar-refractivity contribution in [3.05, 3.63) is 23.8 Å². The molecule has 26 heavy (non-hydrogen) atoms. The van der Waals surface area contributed by atoms with E-state index in [1.807, 2.05) is 0 Å². The van der Waals surface area contributed by atoms with Gasteiger partial charge in [-0.05, 0) is 31.8 Å². The summed E-state index contributed by atoms with van der Waals surface area (Å²) < 4.78 is 10.4. The van der Waals surface area contributed by atoms with Crippen LogP contribution in [-0.2, 0) is 20.8 Å². The predicted molar refractivity (Wildman–Crippen MR) is 96.3 cm³/mol. The summed E-state index contributed by atoms with van der Waals surface area (Å²) in [7, 11) is 4.42. The highest BCUT2D eigenvalue weighted by atomic mass is 16.7. The lowest BCUT2D eigenvalue weighted by molar-refractivity contribution is -0.130. The van der Waals surface area contributed by atoms with E-state index in [-0.39, 0.29) is 19.6 Å². The molecule has 1 aliphatic heterocycles. The van der Waals surface area contributed by atoms with Gasteiger partial charge in [0.2, 0.25) is 24.5 Å². The molecule has 1 aromatic rings. The van der Waals surface area contributed by atoms with Crippen LogP contribution >= 0.6 is 0 Å². The van der Waals surface area contributed by atoms with Crippen LogP contribution in [0, 0.1) is 0 Å². The van der Waals surface area contributed by atoms with E-state index in [2.05, 4.69) is 22.1 Å². The summed E-state index contributed by atoms with van der Waals surface area (Å²) >= 11 is 0. The van der Waals surface area contributed by atoms with Crippen molar-refractivity contribution < 1.29 is 23.9 Å². The molecule has 0 spiro atoms. The van der Waals surface area contributed by atoms with Crippen molar-refractivity contribution in [1.29, 1.82) is 0 Å². The van der Waals surface area contributed by atoms with Crippen LogP contribution in [0.1, 0.15) is 12.0 Å². The van der Waals surface area contributed by atoms with Gasteiger partial charge in [0, 0.05) is 7.05 Å². The fraction of sp³-hybridized carbons (Fsp3) is 0.438. The van der Waals surface area contributed by atoms with Crippen LogP contribution in [0.5, 0.6) is 11.5 Å². The maximum atomic E-state index is 12.0. The molecule has 10 nitrogen and oxygen atoms in total. The summed E-state index contributed by atoms with van der Waals surface area (Å²) in [5.74, 6) is -0.338. The van der Waals surface area contributed by atoms with Crippen molar-refractivity contribution in [3.8, 4) is 11.5 Å². The summed E-state index contributed by atoms with van der Waals surface area (Å²) in [5, 5.41) is 4.87. The average Bonchev–Trinajstić information content (AvgIpc) is 3.11. The van der Waals surface area contributed by atoms with Crippen LogP contribution in [0.3, 0.4) is 0 Å². The number of nitrogens with two attached hydrogens (primary N) is 3. The highest BCUT2D eigenvalue weighted by Crippen LogP contribution is 2.32. The highest BCUT2D eigenvalue weighted by molar-refractivity contribution is 5.92. The minimum atomic E-state index is -0.982. The van der Waals surface area contributed by atoms with E-state index in [0.717, 1.165) is 0 Å². The Bertz CT molecular complexity index is 609. The molecule has 0 saturated carbocycles. The molecule has 1 aliphatic rings. The van der Waals surface area contributed by atoms with Crippen LogP contribution < -0.4 is 37.3 Å². The fourth-order valence-corrected chi connectivity index (χ4v) is 2.07. The van der Waals surface area contributed by atoms with Crippen molar-refractivity contribution in [2.75, 3.05) is 27.9 Å². The smallest absolute Gasteiger partial charge is 0.242 e. The molecule has 146 valence electrons. The lowest BCUT2D eigenvalue weighted by Crippen LogP contribution is -2.48. The molecule has 1 aromatic carbocycles. The Labute approximate surface area is 152 Å². The minimum Gasteiger partial charge on any atom is -0.454 e. The number of primary amides is 1. The third-order valence-electron chi connectivity index (χ3n) is 3.11. The number of fused-ring (bicyclic) bond motifs is 1. The summed E-state index contributed by atoms with van der Waals surface area (Å²) in [5.41, 5.74) is 14.8. The zero-order valence-electron chi connectivity index (χ0n) is 15.2. The monoisotopic (exact) mass is 369 g/mol. The Morgan fingerprint density at radius 2 is 1.73 bits per heavy atom. The molecule has 10 heteroatoms. The fourth-order valence-electron chi connectivity index (χ4n) is 2.07. The van der Waals surface area contributed by atoms with Crippen molar-refractivity contribution in [3.63, 3.8) is 0 Å². The quantitative estimate of drug-likeness (QED) is 0.394. The topological polar surface area (TPSA) is 172 Å². The van der Waals surface area contributed by atoms with E-state index in [0.29, 0.717) is 17.1 Å². The van der Waals surface area contributed by atoms with Gasteiger partial charge in [0.05, 0.1) is 12.8 Å². The van der Waals surface area contributed by atoms with Crippen molar-refractivity contribution in [2.24, 2.45) is 17.2 Å². The van der Waals surface area contributed by atoms with Gasteiger partial charge in [0.15, 0.2) is 11.5 Å². The van der Waals surface area contributed by atoms with Gasteiger partial charge in [-0.3, -0.25) is 14.4 Å². The van der Waals surface area contributed by atoms with E-state index in [1.54, 1.807) is 18.2 Å². The second kappa shape index (κ2) is 12.5. The van der Waals surface area contributed by atoms with Crippen LogP contribution in [0.25, 0.3) is 0 Å². The Morgan fingerprint density at radius 3 is 2.31 bits per heavy atom. The first-order chi connectivity index (χ1) is 12.5. The molecule has 8 N–H and O–H groups in total. The standard InChI is InChI=1S/C14H17N3O5.2CH5N/c1-16-14(20)9(6-12(15)18)17-13(19)5-8-2-3-10-11(4-8)22-7-21-10;2*1-2/h2-4,9H,5-7H2,1H3,(H2,15,18)(H,16,20)(H,17,19);2*2H2,1H3/t9-;;/m0../s1. The highest BCUT2D eigenvalue weighted by Gasteiger charge is 2.22. The number of benzene rings is 1. The van der Waals surface area contributed by atoms with Crippen molar-refractivity contribution >= 4 is 17.7 Å². The van der Waals surface area contributed by atoms with Crippen molar-refractivity contribution in [1.82, 2.24) is 10.6 Å². The molecule has 1 heterocycles. The van der Waals surface area contributed by atoms with E-state index in [9.17, 15) is 14.4 Å². The number of amides is 3. The number of likely N-dealkylation sites (N-methyl/N-ethyl adjacent to an activating group) is 1. The number of rotatable bonds is 6. The van der Waals surface area contributed by atoms with Crippen LogP contribution in [0.15, 0.2) is 18.2 Å². The maximum Gasteiger partial charge on any atom is 0.242 e. The second-order valence-electron chi connectivity index (χ2n) is 4.77. The van der Waals surface area contributed by atoms with Gasteiger partial charge in [0.25, 0.3) is 0 Å². The van der Waals surface area contributed by atoms with Gasteiger partial charge in [-0.15, -0.1) is 0 Å². The molecule has 0 aromatic heterocycles. The summed E-state index contributed by atoms with van der Waals surface area (Å²) in [4.78, 5) is 34.6. The van der Waals surface area contributed by atoms with Gasteiger partial charge in [-0.2, -0.15) is 0 Å². The first-order valence-electron chi connectivity index (χ1n) is 7.83. The zero-order valence-corrected chi connectivity index (χ0v) is 15.2. The summed E-state index contributed by atoms with van der Waals surface area (Å²) in [6.45, 7) is 0.155. The SMILES string of the molecule is CN.CN.CNC(=O)[C@H](CC(N)=O)NC(=O)Cc1ccc2c(c1)OCO2. The van der Waals surface area contributed by atoms with E-state index >= 15 is 0 Å². The van der Waals surface area contributed by atoms with Crippen LogP contribution in [0.4, 0.5) is 0 Å². The molecule has 0 radical (unpaired) electrons. The molecule has 2 rings (SSSR count). The van der Waals surface area contributed by atoms with Crippen LogP contribution in [0.2, 0.25) is 0 Å². The maximum absolute atomic E-state index is 12.0. The third-order valence-corrected chi connectivity index (χ3v) is 3.11. The number of carbonyl (C=O) groups is 3. The van der Waals surface area contributed by atoms with Gasteiger partial charge < -0.3 is 37.3 Å². The Balaban J connectivity index is 0.00000146. The molecule has 0 fully saturated rings. The molecular formula is C16H27N5O5. The lowest BCUT2D eigenvalue weighted by atomic mass is 10.1.